The molecule has 0 amide bonds. The molecule has 0 aromatic rings. The monoisotopic (exact) mass is 168 g/mol. The topological polar surface area (TPSA) is 6.48 Å². The van der Waals surface area contributed by atoms with E-state index in [1.54, 1.807) is 0 Å². The van der Waals surface area contributed by atoms with Crippen LogP contribution in [0.2, 0.25) is 0 Å². The van der Waals surface area contributed by atoms with Gasteiger partial charge in [-0.1, -0.05) is 13.8 Å². The van der Waals surface area contributed by atoms with Crippen LogP contribution in [0, 0.1) is 5.92 Å². The smallest absolute Gasteiger partial charge is 0.0999 e. The molecule has 0 atom stereocenters. The van der Waals surface area contributed by atoms with Gasteiger partial charge >= 0.3 is 0 Å². The summed E-state index contributed by atoms with van der Waals surface area (Å²) in [6, 6.07) is 0. The van der Waals surface area contributed by atoms with Gasteiger partial charge in [-0.25, -0.2) is 0 Å². The van der Waals surface area contributed by atoms with E-state index in [1.165, 1.54) is 18.9 Å². The van der Waals surface area contributed by atoms with E-state index in [2.05, 4.69) is 43.7 Å². The zero-order valence-electron chi connectivity index (χ0n) is 8.67. The van der Waals surface area contributed by atoms with Gasteiger partial charge in [0.05, 0.1) is 5.82 Å². The van der Waals surface area contributed by atoms with Crippen molar-refractivity contribution in [3.8, 4) is 0 Å². The molecule has 0 aromatic carbocycles. The summed E-state index contributed by atoms with van der Waals surface area (Å²) in [4.78, 5) is 4.77. The molecule has 1 aliphatic heterocycles. The second kappa shape index (κ2) is 3.83. The van der Waals surface area contributed by atoms with Crippen molar-refractivity contribution in [3.63, 3.8) is 0 Å². The largest absolute Gasteiger partial charge is 0.360 e. The van der Waals surface area contributed by atoms with Gasteiger partial charge in [0.25, 0.3) is 0 Å². The first kappa shape index (κ1) is 9.43. The predicted molar refractivity (Wildman–Crippen MR) is 52.8 cm³/mol. The third-order valence-corrected chi connectivity index (χ3v) is 2.28. The van der Waals surface area contributed by atoms with Crippen LogP contribution in [0.25, 0.3) is 0 Å². The molecule has 0 unspecified atom stereocenters. The first-order valence-corrected chi connectivity index (χ1v) is 4.83. The van der Waals surface area contributed by atoms with Gasteiger partial charge in [0.2, 0.25) is 0 Å². The van der Waals surface area contributed by atoms with E-state index >= 15 is 0 Å². The Morgan fingerprint density at radius 3 is 2.58 bits per heavy atom. The van der Waals surface area contributed by atoms with Crippen LogP contribution in [0.15, 0.2) is 11.9 Å². The molecule has 70 valence electrons. The molecule has 0 radical (unpaired) electrons. The molecule has 1 saturated heterocycles. The Morgan fingerprint density at radius 1 is 1.42 bits per heavy atom. The highest BCUT2D eigenvalue weighted by atomic mass is 15.4. The predicted octanol–water partition coefficient (Wildman–Crippen LogP) is 1.75. The number of rotatable bonds is 2. The van der Waals surface area contributed by atoms with E-state index < -0.39 is 0 Å². The molecule has 0 aromatic heterocycles. The Morgan fingerprint density at radius 2 is 2.08 bits per heavy atom. The van der Waals surface area contributed by atoms with Gasteiger partial charge in [0.15, 0.2) is 0 Å². The normalized spacial score (nSPS) is 21.6. The van der Waals surface area contributed by atoms with Crippen molar-refractivity contribution < 1.29 is 0 Å². The third-order valence-electron chi connectivity index (χ3n) is 2.28. The number of likely N-dealkylation sites (N-methyl/N-ethyl adjacent to an activating group) is 2. The Balaban J connectivity index is 2.69. The molecular weight excluding hydrogens is 148 g/mol. The number of hydrogen-bond acceptors (Lipinski definition) is 2. The molecule has 1 rings (SSSR count). The average Bonchev–Trinajstić information content (AvgIpc) is 2.32. The molecule has 2 nitrogen and oxygen atoms in total. The third kappa shape index (κ3) is 1.93. The van der Waals surface area contributed by atoms with E-state index in [4.69, 9.17) is 0 Å². The van der Waals surface area contributed by atoms with Gasteiger partial charge in [0.1, 0.15) is 0 Å². The van der Waals surface area contributed by atoms with Crippen LogP contribution in [0.1, 0.15) is 20.8 Å². The van der Waals surface area contributed by atoms with Crippen LogP contribution >= 0.6 is 0 Å². The Labute approximate surface area is 75.8 Å². The summed E-state index contributed by atoms with van der Waals surface area (Å²) in [6.45, 7) is 10.2. The molecule has 0 aliphatic carbocycles. The zero-order chi connectivity index (χ0) is 9.14. The first-order chi connectivity index (χ1) is 5.65. The number of nitrogens with zero attached hydrogens (tertiary/aromatic N) is 2. The highest BCUT2D eigenvalue weighted by Crippen LogP contribution is 2.17. The van der Waals surface area contributed by atoms with Gasteiger partial charge in [-0.05, 0) is 18.9 Å². The maximum atomic E-state index is 2.43. The molecule has 0 N–H and O–H groups in total. The molecule has 1 aliphatic rings. The van der Waals surface area contributed by atoms with Gasteiger partial charge < -0.3 is 9.80 Å². The fourth-order valence-corrected chi connectivity index (χ4v) is 1.59. The minimum Gasteiger partial charge on any atom is -0.360 e. The van der Waals surface area contributed by atoms with Crippen molar-refractivity contribution in [2.24, 2.45) is 5.92 Å². The van der Waals surface area contributed by atoms with Crippen LogP contribution < -0.4 is 0 Å². The molecule has 0 bridgehead atoms. The highest BCUT2D eigenvalue weighted by molar-refractivity contribution is 5.05. The Kier molecular flexibility index (Phi) is 3.01. The van der Waals surface area contributed by atoms with Crippen molar-refractivity contribution in [2.75, 3.05) is 26.7 Å². The summed E-state index contributed by atoms with van der Waals surface area (Å²) >= 11 is 0. The van der Waals surface area contributed by atoms with Gasteiger partial charge in [-0.15, -0.1) is 0 Å². The molecule has 1 fully saturated rings. The van der Waals surface area contributed by atoms with Crippen molar-refractivity contribution in [2.45, 2.75) is 20.8 Å². The zero-order valence-corrected chi connectivity index (χ0v) is 8.67. The summed E-state index contributed by atoms with van der Waals surface area (Å²) in [5.74, 6) is 2.06. The minimum atomic E-state index is 0.648. The summed E-state index contributed by atoms with van der Waals surface area (Å²) in [6.07, 6.45) is 2.34. The molecule has 0 spiro atoms. The Hall–Kier alpha value is -0.660. The lowest BCUT2D eigenvalue weighted by Crippen LogP contribution is -2.21. The summed E-state index contributed by atoms with van der Waals surface area (Å²) in [5, 5.41) is 0. The molecule has 12 heavy (non-hydrogen) atoms. The van der Waals surface area contributed by atoms with Crippen LogP contribution in [0.3, 0.4) is 0 Å². The van der Waals surface area contributed by atoms with E-state index in [0.29, 0.717) is 5.92 Å². The fraction of sp³-hybridized carbons (Fsp3) is 0.800. The molecule has 2 heteroatoms. The van der Waals surface area contributed by atoms with E-state index in [-0.39, 0.29) is 0 Å². The second-order valence-corrected chi connectivity index (χ2v) is 3.77. The summed E-state index contributed by atoms with van der Waals surface area (Å²) < 4.78 is 0. The van der Waals surface area contributed by atoms with Gasteiger partial charge in [-0.2, -0.15) is 0 Å². The van der Waals surface area contributed by atoms with Crippen LogP contribution in [-0.4, -0.2) is 36.5 Å². The molecule has 0 saturated carbocycles. The maximum absolute atomic E-state index is 2.43. The van der Waals surface area contributed by atoms with E-state index in [0.717, 1.165) is 6.54 Å². The molecule has 1 heterocycles. The lowest BCUT2D eigenvalue weighted by atomic mass is 10.2. The maximum Gasteiger partial charge on any atom is 0.0999 e. The van der Waals surface area contributed by atoms with Crippen LogP contribution in [0.4, 0.5) is 0 Å². The number of hydrogen-bond donors (Lipinski definition) is 0. The van der Waals surface area contributed by atoms with Crippen molar-refractivity contribution in [1.82, 2.24) is 9.80 Å². The van der Waals surface area contributed by atoms with Crippen molar-refractivity contribution >= 4 is 0 Å². The standard InChI is InChI=1S/C10H20N2/c1-5-12-7-6-11(4)10(12)8-9(2)3/h8-9H,5-7H2,1-4H3/b10-8-. The average molecular weight is 168 g/mol. The van der Waals surface area contributed by atoms with Crippen LogP contribution in [0.5, 0.6) is 0 Å². The SMILES string of the molecule is CCN1CCN(C)/C1=C/C(C)C. The number of allylic oxidation sites excluding steroid dienone is 1. The van der Waals surface area contributed by atoms with Gasteiger partial charge in [0, 0.05) is 26.7 Å². The lowest BCUT2D eigenvalue weighted by molar-refractivity contribution is 0.376. The van der Waals surface area contributed by atoms with Gasteiger partial charge in [-0.3, -0.25) is 0 Å². The van der Waals surface area contributed by atoms with Crippen LogP contribution in [-0.2, 0) is 0 Å². The first-order valence-electron chi connectivity index (χ1n) is 4.83. The minimum absolute atomic E-state index is 0.648. The van der Waals surface area contributed by atoms with E-state index in [9.17, 15) is 0 Å². The van der Waals surface area contributed by atoms with Crippen molar-refractivity contribution in [3.05, 3.63) is 11.9 Å². The summed E-state index contributed by atoms with van der Waals surface area (Å²) in [5.41, 5.74) is 0. The fourth-order valence-electron chi connectivity index (χ4n) is 1.59. The quantitative estimate of drug-likeness (QED) is 0.620. The highest BCUT2D eigenvalue weighted by Gasteiger charge is 2.19. The lowest BCUT2D eigenvalue weighted by Gasteiger charge is -2.21. The van der Waals surface area contributed by atoms with E-state index in [1.807, 2.05) is 0 Å². The summed E-state index contributed by atoms with van der Waals surface area (Å²) in [7, 11) is 2.17. The molecular formula is C10H20N2. The second-order valence-electron chi connectivity index (χ2n) is 3.77. The Bertz CT molecular complexity index is 173. The van der Waals surface area contributed by atoms with Crippen molar-refractivity contribution in [1.29, 1.82) is 0 Å².